The van der Waals surface area contributed by atoms with Crippen LogP contribution in [0.2, 0.25) is 0 Å². The molecule has 1 atom stereocenters. The summed E-state index contributed by atoms with van der Waals surface area (Å²) < 4.78 is 50.8. The van der Waals surface area contributed by atoms with Crippen LogP contribution in [0.4, 0.5) is 17.6 Å². The number of carbonyl (C=O) groups is 1. The summed E-state index contributed by atoms with van der Waals surface area (Å²) in [6.45, 7) is -0.111. The molecule has 0 aliphatic rings. The third-order valence-electron chi connectivity index (χ3n) is 3.01. The average Bonchev–Trinajstić information content (AvgIpc) is 2.51. The molecular weight excluding hydrogens is 316 g/mol. The van der Waals surface area contributed by atoms with Crippen LogP contribution in [0.15, 0.2) is 42.7 Å². The first kappa shape index (κ1) is 16.9. The van der Waals surface area contributed by atoms with Gasteiger partial charge in [-0.25, -0.2) is 4.39 Å². The molecule has 2 rings (SSSR count). The molecule has 0 saturated heterocycles. The number of hydrogen-bond acceptors (Lipinski definition) is 3. The van der Waals surface area contributed by atoms with Gasteiger partial charge in [0.2, 0.25) is 0 Å². The molecule has 0 spiro atoms. The van der Waals surface area contributed by atoms with Gasteiger partial charge >= 0.3 is 6.18 Å². The molecule has 0 aliphatic carbocycles. The Morgan fingerprint density at radius 2 is 2.00 bits per heavy atom. The third-order valence-corrected chi connectivity index (χ3v) is 3.01. The number of aliphatic hydroxyl groups is 1. The molecule has 1 amide bonds. The second-order valence-electron chi connectivity index (χ2n) is 4.75. The molecule has 122 valence electrons. The Labute approximate surface area is 128 Å². The molecule has 1 aromatic heterocycles. The van der Waals surface area contributed by atoms with Crippen LogP contribution in [0.5, 0.6) is 0 Å². The highest BCUT2D eigenvalue weighted by Crippen LogP contribution is 2.30. The molecule has 1 unspecified atom stereocenters. The van der Waals surface area contributed by atoms with E-state index in [9.17, 15) is 27.5 Å². The number of nitrogens with zero attached hydrogens (tertiary/aromatic N) is 1. The van der Waals surface area contributed by atoms with Gasteiger partial charge < -0.3 is 10.4 Å². The van der Waals surface area contributed by atoms with Crippen LogP contribution < -0.4 is 5.32 Å². The lowest BCUT2D eigenvalue weighted by Gasteiger charge is -2.14. The van der Waals surface area contributed by atoms with Crippen molar-refractivity contribution in [2.45, 2.75) is 18.8 Å². The molecule has 4 nitrogen and oxygen atoms in total. The predicted molar refractivity (Wildman–Crippen MR) is 72.4 cm³/mol. The van der Waals surface area contributed by atoms with Gasteiger partial charge in [0.15, 0.2) is 6.10 Å². The van der Waals surface area contributed by atoms with Crippen LogP contribution in [-0.2, 0) is 17.5 Å². The lowest BCUT2D eigenvalue weighted by Crippen LogP contribution is -2.29. The van der Waals surface area contributed by atoms with Gasteiger partial charge in [-0.1, -0.05) is 12.1 Å². The van der Waals surface area contributed by atoms with Crippen LogP contribution in [0, 0.1) is 5.82 Å². The van der Waals surface area contributed by atoms with Gasteiger partial charge in [0.05, 0.1) is 11.8 Å². The molecule has 1 heterocycles. The fourth-order valence-corrected chi connectivity index (χ4v) is 1.87. The van der Waals surface area contributed by atoms with E-state index in [1.807, 2.05) is 0 Å². The molecule has 0 saturated carbocycles. The molecule has 1 aromatic carbocycles. The maximum Gasteiger partial charge on any atom is 0.416 e. The number of alkyl halides is 3. The van der Waals surface area contributed by atoms with Gasteiger partial charge in [-0.15, -0.1) is 0 Å². The first-order valence-electron chi connectivity index (χ1n) is 6.50. The summed E-state index contributed by atoms with van der Waals surface area (Å²) >= 11 is 0. The summed E-state index contributed by atoms with van der Waals surface area (Å²) in [6.07, 6.45) is -4.03. The van der Waals surface area contributed by atoms with Crippen LogP contribution in [0.25, 0.3) is 0 Å². The number of aromatic nitrogens is 1. The zero-order valence-corrected chi connectivity index (χ0v) is 11.6. The van der Waals surface area contributed by atoms with E-state index in [4.69, 9.17) is 0 Å². The van der Waals surface area contributed by atoms with Crippen molar-refractivity contribution in [1.82, 2.24) is 10.3 Å². The lowest BCUT2D eigenvalue weighted by atomic mass is 10.1. The minimum atomic E-state index is -4.57. The van der Waals surface area contributed by atoms with Crippen LogP contribution >= 0.6 is 0 Å². The Hall–Kier alpha value is -2.48. The SMILES string of the molecule is O=C(NCc1cncc(F)c1)C(O)c1cccc(C(F)(F)F)c1. The van der Waals surface area contributed by atoms with Crippen molar-refractivity contribution in [1.29, 1.82) is 0 Å². The van der Waals surface area contributed by atoms with E-state index < -0.39 is 29.6 Å². The summed E-state index contributed by atoms with van der Waals surface area (Å²) in [6, 6.07) is 5.00. The van der Waals surface area contributed by atoms with Gasteiger partial charge in [-0.2, -0.15) is 13.2 Å². The van der Waals surface area contributed by atoms with E-state index in [-0.39, 0.29) is 12.1 Å². The summed E-state index contributed by atoms with van der Waals surface area (Å²) in [4.78, 5) is 15.4. The van der Waals surface area contributed by atoms with Crippen molar-refractivity contribution in [3.63, 3.8) is 0 Å². The molecule has 0 fully saturated rings. The largest absolute Gasteiger partial charge is 0.416 e. The number of aliphatic hydroxyl groups excluding tert-OH is 1. The van der Waals surface area contributed by atoms with E-state index in [0.29, 0.717) is 11.6 Å². The quantitative estimate of drug-likeness (QED) is 0.848. The number of pyridine rings is 1. The summed E-state index contributed by atoms with van der Waals surface area (Å²) in [5, 5.41) is 12.1. The van der Waals surface area contributed by atoms with Gasteiger partial charge in [-0.3, -0.25) is 9.78 Å². The summed E-state index contributed by atoms with van der Waals surface area (Å²) in [7, 11) is 0. The molecule has 23 heavy (non-hydrogen) atoms. The van der Waals surface area contributed by atoms with Gasteiger partial charge in [-0.05, 0) is 29.3 Å². The van der Waals surface area contributed by atoms with E-state index in [1.165, 1.54) is 12.3 Å². The summed E-state index contributed by atoms with van der Waals surface area (Å²) in [5.41, 5.74) is -0.791. The number of amides is 1. The zero-order valence-electron chi connectivity index (χ0n) is 11.6. The van der Waals surface area contributed by atoms with Gasteiger partial charge in [0, 0.05) is 12.7 Å². The zero-order chi connectivity index (χ0) is 17.0. The highest BCUT2D eigenvalue weighted by Gasteiger charge is 2.31. The Morgan fingerprint density at radius 1 is 1.26 bits per heavy atom. The maximum atomic E-state index is 12.9. The third kappa shape index (κ3) is 4.49. The number of carbonyl (C=O) groups excluding carboxylic acids is 1. The fraction of sp³-hybridized carbons (Fsp3) is 0.200. The predicted octanol–water partition coefficient (Wildman–Crippen LogP) is 2.59. The highest BCUT2D eigenvalue weighted by atomic mass is 19.4. The molecule has 0 bridgehead atoms. The minimum Gasteiger partial charge on any atom is -0.378 e. The van der Waals surface area contributed by atoms with Gasteiger partial charge in [0.25, 0.3) is 5.91 Å². The molecule has 2 N–H and O–H groups in total. The van der Waals surface area contributed by atoms with Crippen molar-refractivity contribution in [3.8, 4) is 0 Å². The average molecular weight is 328 g/mol. The Morgan fingerprint density at radius 3 is 2.65 bits per heavy atom. The van der Waals surface area contributed by atoms with E-state index >= 15 is 0 Å². The van der Waals surface area contributed by atoms with E-state index in [0.717, 1.165) is 24.4 Å². The number of hydrogen-bond donors (Lipinski definition) is 2. The van der Waals surface area contributed by atoms with Crippen molar-refractivity contribution in [2.24, 2.45) is 0 Å². The van der Waals surface area contributed by atoms with E-state index in [1.54, 1.807) is 0 Å². The van der Waals surface area contributed by atoms with Crippen molar-refractivity contribution in [3.05, 3.63) is 65.2 Å². The Kier molecular flexibility index (Phi) is 4.95. The van der Waals surface area contributed by atoms with Crippen LogP contribution in [0.3, 0.4) is 0 Å². The number of halogens is 4. The van der Waals surface area contributed by atoms with Gasteiger partial charge in [0.1, 0.15) is 5.82 Å². The fourth-order valence-electron chi connectivity index (χ4n) is 1.87. The molecule has 0 aliphatic heterocycles. The molecular formula is C15H12F4N2O2. The smallest absolute Gasteiger partial charge is 0.378 e. The first-order chi connectivity index (χ1) is 10.8. The topological polar surface area (TPSA) is 62.2 Å². The number of rotatable bonds is 4. The number of nitrogens with one attached hydrogen (secondary N) is 1. The molecule has 0 radical (unpaired) electrons. The van der Waals surface area contributed by atoms with Crippen molar-refractivity contribution in [2.75, 3.05) is 0 Å². The normalized spacial score (nSPS) is 12.7. The van der Waals surface area contributed by atoms with Crippen molar-refractivity contribution < 1.29 is 27.5 Å². The maximum absolute atomic E-state index is 12.9. The standard InChI is InChI=1S/C15H12F4N2O2/c16-12-4-9(6-20-8-12)7-21-14(23)13(22)10-2-1-3-11(5-10)15(17,18)19/h1-6,8,13,22H,7H2,(H,21,23). The Bertz CT molecular complexity index is 704. The second-order valence-corrected chi connectivity index (χ2v) is 4.75. The monoisotopic (exact) mass is 328 g/mol. The molecule has 8 heteroatoms. The summed E-state index contributed by atoms with van der Waals surface area (Å²) in [5.74, 6) is -1.48. The highest BCUT2D eigenvalue weighted by molar-refractivity contribution is 5.81. The lowest BCUT2D eigenvalue weighted by molar-refractivity contribution is -0.138. The van der Waals surface area contributed by atoms with Crippen LogP contribution in [0.1, 0.15) is 22.8 Å². The van der Waals surface area contributed by atoms with E-state index in [2.05, 4.69) is 10.3 Å². The second kappa shape index (κ2) is 6.74. The first-order valence-corrected chi connectivity index (χ1v) is 6.50. The minimum absolute atomic E-state index is 0.111. The van der Waals surface area contributed by atoms with Crippen LogP contribution in [-0.4, -0.2) is 16.0 Å². The van der Waals surface area contributed by atoms with Crippen molar-refractivity contribution >= 4 is 5.91 Å². The number of benzene rings is 1. The Balaban J connectivity index is 2.05. The molecule has 2 aromatic rings.